The van der Waals surface area contributed by atoms with Crippen LogP contribution in [-0.2, 0) is 9.53 Å². The lowest BCUT2D eigenvalue weighted by molar-refractivity contribution is -0.124. The Balaban J connectivity index is 1.59. The summed E-state index contributed by atoms with van der Waals surface area (Å²) in [6.07, 6.45) is 8.44. The first-order valence-corrected chi connectivity index (χ1v) is 7.96. The lowest BCUT2D eigenvalue weighted by atomic mass is 10.2. The molecule has 3 heterocycles. The Hall–Kier alpha value is -1.62. The molecule has 114 valence electrons. The number of nitrogens with one attached hydrogen (secondary N) is 1. The summed E-state index contributed by atoms with van der Waals surface area (Å²) in [6.45, 7) is 2.88. The first-order chi connectivity index (χ1) is 10.3. The summed E-state index contributed by atoms with van der Waals surface area (Å²) in [5, 5.41) is 2.83. The second-order valence-electron chi connectivity index (χ2n) is 5.79. The molecule has 1 aromatic heterocycles. The van der Waals surface area contributed by atoms with Gasteiger partial charge in [-0.15, -0.1) is 0 Å². The molecule has 2 aliphatic heterocycles. The number of rotatable bonds is 3. The Morgan fingerprint density at radius 3 is 2.62 bits per heavy atom. The van der Waals surface area contributed by atoms with Gasteiger partial charge < -0.3 is 15.0 Å². The van der Waals surface area contributed by atoms with E-state index in [9.17, 15) is 4.79 Å². The number of anilines is 2. The summed E-state index contributed by atoms with van der Waals surface area (Å²) in [5.74, 6) is 0.525. The molecule has 0 aliphatic carbocycles. The molecule has 0 spiro atoms. The maximum Gasteiger partial charge on any atom is 0.254 e. The minimum absolute atomic E-state index is 0.0810. The van der Waals surface area contributed by atoms with Crippen LogP contribution in [-0.4, -0.2) is 36.7 Å². The molecule has 1 amide bonds. The van der Waals surface area contributed by atoms with Crippen molar-refractivity contribution in [1.29, 1.82) is 0 Å². The highest BCUT2D eigenvalue weighted by Crippen LogP contribution is 2.20. The number of nitrogens with zero attached hydrogens (tertiary/aromatic N) is 2. The van der Waals surface area contributed by atoms with Crippen molar-refractivity contribution in [1.82, 2.24) is 4.98 Å². The molecule has 0 saturated carbocycles. The summed E-state index contributed by atoms with van der Waals surface area (Å²) < 4.78 is 5.37. The summed E-state index contributed by atoms with van der Waals surface area (Å²) >= 11 is 0. The highest BCUT2D eigenvalue weighted by molar-refractivity contribution is 5.93. The van der Waals surface area contributed by atoms with Gasteiger partial charge in [-0.25, -0.2) is 4.98 Å². The third kappa shape index (κ3) is 3.73. The predicted octanol–water partition coefficient (Wildman–Crippen LogP) is 2.58. The zero-order valence-electron chi connectivity index (χ0n) is 12.4. The first kappa shape index (κ1) is 14.3. The maximum absolute atomic E-state index is 12.0. The van der Waals surface area contributed by atoms with Crippen molar-refractivity contribution in [3.8, 4) is 0 Å². The van der Waals surface area contributed by atoms with Gasteiger partial charge in [-0.3, -0.25) is 4.79 Å². The maximum atomic E-state index is 12.0. The summed E-state index contributed by atoms with van der Waals surface area (Å²) in [6, 6.07) is 3.93. The van der Waals surface area contributed by atoms with Crippen molar-refractivity contribution in [2.45, 2.75) is 44.6 Å². The van der Waals surface area contributed by atoms with Crippen LogP contribution in [0, 0.1) is 0 Å². The van der Waals surface area contributed by atoms with E-state index in [4.69, 9.17) is 4.74 Å². The molecule has 0 radical (unpaired) electrons. The van der Waals surface area contributed by atoms with Crippen LogP contribution in [0.25, 0.3) is 0 Å². The normalized spacial score (nSPS) is 22.9. The fourth-order valence-electron chi connectivity index (χ4n) is 2.97. The van der Waals surface area contributed by atoms with Crippen LogP contribution in [0.4, 0.5) is 11.5 Å². The van der Waals surface area contributed by atoms with Crippen molar-refractivity contribution in [3.05, 3.63) is 18.3 Å². The molecule has 1 aromatic rings. The summed E-state index contributed by atoms with van der Waals surface area (Å²) in [4.78, 5) is 18.7. The molecule has 5 nitrogen and oxygen atoms in total. The van der Waals surface area contributed by atoms with Crippen LogP contribution in [0.1, 0.15) is 38.5 Å². The minimum atomic E-state index is -0.308. The number of carbonyl (C=O) groups excluding carboxylic acids is 1. The minimum Gasteiger partial charge on any atom is -0.370 e. The number of amides is 1. The number of hydrogen-bond donors (Lipinski definition) is 1. The van der Waals surface area contributed by atoms with Crippen LogP contribution >= 0.6 is 0 Å². The molecule has 1 N–H and O–H groups in total. The average Bonchev–Trinajstić information content (AvgIpc) is 2.91. The summed E-state index contributed by atoms with van der Waals surface area (Å²) in [5.41, 5.74) is 1.15. The van der Waals surface area contributed by atoms with Gasteiger partial charge in [-0.05, 0) is 37.8 Å². The molecule has 21 heavy (non-hydrogen) atoms. The molecule has 0 bridgehead atoms. The van der Waals surface area contributed by atoms with Gasteiger partial charge in [-0.2, -0.15) is 0 Å². The van der Waals surface area contributed by atoms with Crippen molar-refractivity contribution in [2.24, 2.45) is 0 Å². The standard InChI is InChI=1S/C16H23N3O2/c20-16(14-6-5-11-21-14)18-15-8-7-13(12-17-15)19-9-3-1-2-4-10-19/h7-8,12,14H,1-6,9-11H2,(H,17,18,20)/t14-/m1/s1. The lowest BCUT2D eigenvalue weighted by Gasteiger charge is -2.22. The quantitative estimate of drug-likeness (QED) is 0.929. The van der Waals surface area contributed by atoms with Crippen LogP contribution < -0.4 is 10.2 Å². The van der Waals surface area contributed by atoms with Crippen molar-refractivity contribution >= 4 is 17.4 Å². The van der Waals surface area contributed by atoms with E-state index in [2.05, 4.69) is 15.2 Å². The van der Waals surface area contributed by atoms with Crippen LogP contribution in [0.2, 0.25) is 0 Å². The largest absolute Gasteiger partial charge is 0.370 e. The predicted molar refractivity (Wildman–Crippen MR) is 82.5 cm³/mol. The van der Waals surface area contributed by atoms with Gasteiger partial charge in [0.1, 0.15) is 11.9 Å². The Bertz CT molecular complexity index is 461. The molecule has 0 unspecified atom stereocenters. The Labute approximate surface area is 125 Å². The molecule has 1 atom stereocenters. The van der Waals surface area contributed by atoms with Gasteiger partial charge in [0.05, 0.1) is 11.9 Å². The zero-order valence-corrected chi connectivity index (χ0v) is 12.4. The van der Waals surface area contributed by atoms with Gasteiger partial charge in [0.15, 0.2) is 0 Å². The number of pyridine rings is 1. The lowest BCUT2D eigenvalue weighted by Crippen LogP contribution is -2.27. The van der Waals surface area contributed by atoms with Crippen molar-refractivity contribution in [3.63, 3.8) is 0 Å². The molecule has 0 aromatic carbocycles. The number of carbonyl (C=O) groups is 1. The SMILES string of the molecule is O=C(Nc1ccc(N2CCCCCC2)cn1)[C@H]1CCCO1. The number of hydrogen-bond acceptors (Lipinski definition) is 4. The van der Waals surface area contributed by atoms with E-state index in [1.54, 1.807) is 0 Å². The number of aromatic nitrogens is 1. The molecule has 2 aliphatic rings. The average molecular weight is 289 g/mol. The van der Waals surface area contributed by atoms with Crippen molar-refractivity contribution in [2.75, 3.05) is 29.9 Å². The molecule has 3 rings (SSSR count). The van der Waals surface area contributed by atoms with E-state index in [1.165, 1.54) is 25.7 Å². The van der Waals surface area contributed by atoms with E-state index in [0.29, 0.717) is 12.4 Å². The van der Waals surface area contributed by atoms with E-state index in [1.807, 2.05) is 18.3 Å². The monoisotopic (exact) mass is 289 g/mol. The highest BCUT2D eigenvalue weighted by atomic mass is 16.5. The molecule has 5 heteroatoms. The van der Waals surface area contributed by atoms with Crippen LogP contribution in [0.15, 0.2) is 18.3 Å². The van der Waals surface area contributed by atoms with Crippen LogP contribution in [0.5, 0.6) is 0 Å². The van der Waals surface area contributed by atoms with E-state index >= 15 is 0 Å². The summed E-state index contributed by atoms with van der Waals surface area (Å²) in [7, 11) is 0. The van der Waals surface area contributed by atoms with Gasteiger partial charge in [-0.1, -0.05) is 12.8 Å². The molecule has 2 fully saturated rings. The zero-order chi connectivity index (χ0) is 14.5. The smallest absolute Gasteiger partial charge is 0.254 e. The van der Waals surface area contributed by atoms with Gasteiger partial charge in [0, 0.05) is 19.7 Å². The molecule has 2 saturated heterocycles. The van der Waals surface area contributed by atoms with Gasteiger partial charge in [0.2, 0.25) is 0 Å². The van der Waals surface area contributed by atoms with Gasteiger partial charge in [0.25, 0.3) is 5.91 Å². The van der Waals surface area contributed by atoms with E-state index < -0.39 is 0 Å². The van der Waals surface area contributed by atoms with E-state index in [0.717, 1.165) is 31.6 Å². The Morgan fingerprint density at radius 2 is 2.00 bits per heavy atom. The van der Waals surface area contributed by atoms with Gasteiger partial charge >= 0.3 is 0 Å². The Morgan fingerprint density at radius 1 is 1.19 bits per heavy atom. The first-order valence-electron chi connectivity index (χ1n) is 7.96. The second kappa shape index (κ2) is 6.89. The molecular formula is C16H23N3O2. The van der Waals surface area contributed by atoms with Crippen molar-refractivity contribution < 1.29 is 9.53 Å². The second-order valence-corrected chi connectivity index (χ2v) is 5.79. The highest BCUT2D eigenvalue weighted by Gasteiger charge is 2.23. The fraction of sp³-hybridized carbons (Fsp3) is 0.625. The third-order valence-electron chi connectivity index (χ3n) is 4.19. The third-order valence-corrected chi connectivity index (χ3v) is 4.19. The Kier molecular flexibility index (Phi) is 4.70. The van der Waals surface area contributed by atoms with Crippen LogP contribution in [0.3, 0.4) is 0 Å². The fourth-order valence-corrected chi connectivity index (χ4v) is 2.97. The molecular weight excluding hydrogens is 266 g/mol. The van der Waals surface area contributed by atoms with E-state index in [-0.39, 0.29) is 12.0 Å². The number of ether oxygens (including phenoxy) is 1. The topological polar surface area (TPSA) is 54.5 Å².